The van der Waals surface area contributed by atoms with Crippen molar-refractivity contribution >= 4 is 61.1 Å². The van der Waals surface area contributed by atoms with Crippen molar-refractivity contribution in [2.24, 2.45) is 18.1 Å². The summed E-state index contributed by atoms with van der Waals surface area (Å²) >= 11 is 0.996. The van der Waals surface area contributed by atoms with Crippen LogP contribution in [0.3, 0.4) is 0 Å². The topological polar surface area (TPSA) is 229 Å². The summed E-state index contributed by atoms with van der Waals surface area (Å²) in [5.41, 5.74) is 4.97. The van der Waals surface area contributed by atoms with Gasteiger partial charge in [0.2, 0.25) is 6.20 Å². The van der Waals surface area contributed by atoms with Crippen LogP contribution >= 0.6 is 11.3 Å². The lowest BCUT2D eigenvalue weighted by Gasteiger charge is -2.50. The number of hydrogen-bond donors (Lipinski definition) is 4. The average Bonchev–Trinajstić information content (AvgIpc) is 3.72. The number of β-lactam (4-membered cyclic amide) rings is 1. The third-order valence-electron chi connectivity index (χ3n) is 7.78. The van der Waals surface area contributed by atoms with E-state index in [9.17, 15) is 27.9 Å². The van der Waals surface area contributed by atoms with Crippen LogP contribution in [0.4, 0.5) is 5.13 Å². The molecule has 45 heavy (non-hydrogen) atoms. The van der Waals surface area contributed by atoms with E-state index >= 15 is 0 Å². The van der Waals surface area contributed by atoms with E-state index in [1.165, 1.54) is 19.2 Å². The normalized spacial score (nSPS) is 20.7. The highest BCUT2D eigenvalue weighted by molar-refractivity contribution is 7.80. The number of carbonyl (C=O) groups is 3. The van der Waals surface area contributed by atoms with Gasteiger partial charge in [0.25, 0.3) is 12.0 Å². The summed E-state index contributed by atoms with van der Waals surface area (Å²) in [5, 5.41) is 19.8. The van der Waals surface area contributed by atoms with Crippen molar-refractivity contribution in [2.75, 3.05) is 25.4 Å². The molecule has 1 aromatic carbocycles. The van der Waals surface area contributed by atoms with Crippen molar-refractivity contribution in [3.05, 3.63) is 35.5 Å². The number of carbonyl (C=O) groups excluding carboxylic acids is 2. The highest BCUT2D eigenvalue weighted by atomic mass is 32.3. The largest absolute Gasteiger partial charge is 0.489 e. The van der Waals surface area contributed by atoms with Gasteiger partial charge in [-0.1, -0.05) is 5.16 Å². The molecular weight excluding hydrogens is 634 g/mol. The molecule has 3 atom stereocenters. The average molecular weight is 667 g/mol. The fraction of sp³-hybridized carbons (Fsp3) is 0.462. The molecule has 2 saturated heterocycles. The van der Waals surface area contributed by atoms with Gasteiger partial charge in [-0.25, -0.2) is 9.78 Å². The Morgan fingerprint density at radius 1 is 1.36 bits per heavy atom. The molecule has 2 aromatic heterocycles. The van der Waals surface area contributed by atoms with E-state index in [0.29, 0.717) is 16.9 Å². The molecule has 2 aliphatic rings. The summed E-state index contributed by atoms with van der Waals surface area (Å²) in [6.07, 6.45) is 0.892. The minimum atomic E-state index is -4.98. The van der Waals surface area contributed by atoms with Crippen LogP contribution in [0.25, 0.3) is 10.9 Å². The summed E-state index contributed by atoms with van der Waals surface area (Å²) in [4.78, 5) is 47.2. The Hall–Kier alpha value is -4.17. The molecule has 3 aromatic rings. The molecule has 2 aliphatic heterocycles. The van der Waals surface area contributed by atoms with Gasteiger partial charge >= 0.3 is 16.4 Å². The Morgan fingerprint density at radius 2 is 2.11 bits per heavy atom. The van der Waals surface area contributed by atoms with Crippen molar-refractivity contribution in [1.82, 2.24) is 20.0 Å². The smallest absolute Gasteiger partial charge is 0.418 e. The monoisotopic (exact) mass is 666 g/mol. The third-order valence-corrected chi connectivity index (χ3v) is 8.79. The number of amides is 1. The van der Waals surface area contributed by atoms with Crippen LogP contribution in [0, 0.1) is 5.92 Å². The number of benzene rings is 1. The van der Waals surface area contributed by atoms with Crippen LogP contribution in [0.15, 0.2) is 34.9 Å². The Morgan fingerprint density at radius 3 is 2.71 bits per heavy atom. The van der Waals surface area contributed by atoms with Gasteiger partial charge in [0.1, 0.15) is 23.6 Å². The number of nitrogens with one attached hydrogen (secondary N) is 1. The number of carboxylic acids is 1. The van der Waals surface area contributed by atoms with E-state index in [4.69, 9.17) is 19.9 Å². The van der Waals surface area contributed by atoms with Gasteiger partial charge in [-0.2, -0.15) is 18.2 Å². The number of ether oxygens (including phenoxy) is 1. The molecule has 17 nitrogen and oxygen atoms in total. The number of carboxylic acid groups (broad SMARTS) is 1. The Labute approximate surface area is 261 Å². The number of Topliss-reactive ketones (excluding diaryl/α,β-unsaturated/α-hetero) is 1. The summed E-state index contributed by atoms with van der Waals surface area (Å²) < 4.78 is 45.5. The van der Waals surface area contributed by atoms with Gasteiger partial charge in [0, 0.05) is 24.8 Å². The van der Waals surface area contributed by atoms with Crippen LogP contribution in [0.1, 0.15) is 38.4 Å². The van der Waals surface area contributed by atoms with Gasteiger partial charge in [-0.05, 0) is 32.0 Å². The predicted molar refractivity (Wildman–Crippen MR) is 157 cm³/mol. The van der Waals surface area contributed by atoms with E-state index < -0.39 is 64.4 Å². The highest BCUT2D eigenvalue weighted by Gasteiger charge is 2.57. The summed E-state index contributed by atoms with van der Waals surface area (Å²) in [6.45, 7) is 4.21. The number of rotatable bonds is 13. The van der Waals surface area contributed by atoms with Crippen LogP contribution < -0.4 is 20.5 Å². The van der Waals surface area contributed by atoms with Crippen LogP contribution in [-0.2, 0) is 41.0 Å². The number of nitrogens with two attached hydrogens (primary N) is 1. The predicted octanol–water partition coefficient (Wildman–Crippen LogP) is 0.222. The second kappa shape index (κ2) is 12.3. The number of aryl methyl sites for hydroxylation is 1. The molecule has 0 saturated carbocycles. The van der Waals surface area contributed by atoms with Crippen molar-refractivity contribution in [1.29, 1.82) is 0 Å². The number of aliphatic carboxylic acids is 1. The zero-order valence-electron chi connectivity index (χ0n) is 24.4. The number of hydrogen-bond acceptors (Lipinski definition) is 13. The highest BCUT2D eigenvalue weighted by Crippen LogP contribution is 2.40. The maximum atomic E-state index is 13.3. The molecule has 4 heterocycles. The van der Waals surface area contributed by atoms with Crippen LogP contribution in [0.2, 0.25) is 0 Å². The second-order valence-corrected chi connectivity index (χ2v) is 13.0. The van der Waals surface area contributed by atoms with Crippen LogP contribution in [0.5, 0.6) is 5.75 Å². The number of nitrogens with zero attached hydrogens (tertiary/aromatic N) is 5. The zero-order chi connectivity index (χ0) is 32.7. The molecule has 1 amide bonds. The van der Waals surface area contributed by atoms with E-state index in [0.717, 1.165) is 41.8 Å². The molecule has 0 bridgehead atoms. The molecule has 19 heteroatoms. The van der Waals surface area contributed by atoms with Gasteiger partial charge in [0.05, 0.1) is 30.4 Å². The lowest BCUT2D eigenvalue weighted by molar-refractivity contribution is -0.790. The summed E-state index contributed by atoms with van der Waals surface area (Å²) in [6, 6.07) is 5.68. The fourth-order valence-corrected chi connectivity index (χ4v) is 6.31. The molecule has 0 unspecified atom stereocenters. The molecule has 5 rings (SSSR count). The van der Waals surface area contributed by atoms with Crippen LogP contribution in [-0.4, -0.2) is 87.5 Å². The molecule has 242 valence electrons. The Kier molecular flexibility index (Phi) is 8.82. The molecule has 5 N–H and O–H groups in total. The number of fused-ring (bicyclic) bond motifs is 1. The molecule has 0 spiro atoms. The van der Waals surface area contributed by atoms with E-state index in [2.05, 4.69) is 29.1 Å². The van der Waals surface area contributed by atoms with Crippen molar-refractivity contribution < 1.29 is 51.0 Å². The van der Waals surface area contributed by atoms with E-state index in [1.807, 2.05) is 19.3 Å². The number of nitrogen functional groups attached to an aromatic ring is 1. The maximum absolute atomic E-state index is 13.3. The lowest BCUT2D eigenvalue weighted by Crippen LogP contribution is -2.68. The third kappa shape index (κ3) is 6.76. The standard InChI is InChI=1S/C26H31N7O10S2/c1-26(2)17(23(35)33(26)43-45(38,39)40)9-20(34)22(18-13-44-25(27)29-18)30-42-21(24(36)37)12-41-16-4-5-19-14(8-16)11-32(31(19)3)15-6-7-28-10-15/h4-5,8,11,13,15,17,21,28H,6-7,9-10,12H2,1-3H3,(H3-,27,29,36,37,38,39,40)/p+1/b30-22-/t15-,17-,21+/m1/s1. The van der Waals surface area contributed by atoms with Crippen molar-refractivity contribution in [3.63, 3.8) is 0 Å². The summed E-state index contributed by atoms with van der Waals surface area (Å²) in [5.74, 6) is -3.72. The molecular formula is C26H32N7O10S2+. The Balaban J connectivity index is 1.30. The first kappa shape index (κ1) is 32.2. The molecule has 0 radical (unpaired) electrons. The first-order valence-corrected chi connectivity index (χ1v) is 16.0. The van der Waals surface area contributed by atoms with Gasteiger partial charge in [0.15, 0.2) is 22.7 Å². The number of hydroxylamine groups is 2. The van der Waals surface area contributed by atoms with E-state index in [-0.39, 0.29) is 10.8 Å². The first-order valence-electron chi connectivity index (χ1n) is 13.7. The number of anilines is 1. The van der Waals surface area contributed by atoms with Crippen molar-refractivity contribution in [3.8, 4) is 5.75 Å². The minimum Gasteiger partial charge on any atom is -0.489 e. The second-order valence-electron chi connectivity index (χ2n) is 11.1. The number of aromatic nitrogens is 3. The lowest BCUT2D eigenvalue weighted by atomic mass is 9.74. The molecule has 2 fully saturated rings. The summed E-state index contributed by atoms with van der Waals surface area (Å²) in [7, 11) is -3.02. The maximum Gasteiger partial charge on any atom is 0.418 e. The number of oxime groups is 1. The first-order chi connectivity index (χ1) is 21.2. The number of ketones is 1. The Bertz CT molecular complexity index is 1780. The van der Waals surface area contributed by atoms with Gasteiger partial charge < -0.3 is 25.7 Å². The zero-order valence-corrected chi connectivity index (χ0v) is 26.1. The SMILES string of the molecule is Cn1c2ccc(OC[C@H](O/N=C(\C(=O)C[C@@H]3C(=O)N(OS(=O)(=O)O)C3(C)C)c3csc(N)n3)C(=O)O)cc2c[n+]1[C@@H]1CCNC1. The quantitative estimate of drug-likeness (QED) is 0.0630. The van der Waals surface area contributed by atoms with Crippen molar-refractivity contribution in [2.45, 2.75) is 44.4 Å². The van der Waals surface area contributed by atoms with E-state index in [1.54, 1.807) is 12.1 Å². The minimum absolute atomic E-state index is 0.0107. The fourth-order valence-electron chi connectivity index (χ4n) is 5.31. The number of thiazole rings is 1. The van der Waals surface area contributed by atoms with Gasteiger partial charge in [-0.15, -0.1) is 20.3 Å². The van der Waals surface area contributed by atoms with Gasteiger partial charge in [-0.3, -0.25) is 14.1 Å². The molecule has 0 aliphatic carbocycles.